The first kappa shape index (κ1) is 17.8. The highest BCUT2D eigenvalue weighted by Crippen LogP contribution is 2.24. The standard InChI is InChI=1S/C20H23NO3/c1-15(14-22)13-21-20(23)18(16-8-4-3-5-9-16)12-17-10-6-7-11-19(17)24-2/h3-12,15,22H,13-14H2,1-2H3,(H,21,23)/b18-12+. The average Bonchev–Trinajstić information content (AvgIpc) is 2.64. The topological polar surface area (TPSA) is 58.6 Å². The maximum Gasteiger partial charge on any atom is 0.251 e. The number of nitrogens with one attached hydrogen (secondary N) is 1. The highest BCUT2D eigenvalue weighted by Gasteiger charge is 2.14. The monoisotopic (exact) mass is 325 g/mol. The second-order valence-electron chi connectivity index (χ2n) is 5.66. The summed E-state index contributed by atoms with van der Waals surface area (Å²) in [6.07, 6.45) is 1.83. The molecule has 0 heterocycles. The first-order valence-electron chi connectivity index (χ1n) is 7.95. The van der Waals surface area contributed by atoms with E-state index in [0.29, 0.717) is 17.9 Å². The summed E-state index contributed by atoms with van der Waals surface area (Å²) in [5.41, 5.74) is 2.23. The van der Waals surface area contributed by atoms with Gasteiger partial charge in [0, 0.05) is 24.3 Å². The van der Waals surface area contributed by atoms with Crippen molar-refractivity contribution >= 4 is 17.6 Å². The fourth-order valence-corrected chi connectivity index (χ4v) is 2.27. The molecule has 24 heavy (non-hydrogen) atoms. The van der Waals surface area contributed by atoms with Gasteiger partial charge < -0.3 is 15.2 Å². The molecule has 0 spiro atoms. The van der Waals surface area contributed by atoms with Gasteiger partial charge in [0.05, 0.1) is 7.11 Å². The molecule has 2 N–H and O–H groups in total. The predicted molar refractivity (Wildman–Crippen MR) is 96.6 cm³/mol. The SMILES string of the molecule is COc1ccccc1/C=C(/C(=O)NCC(C)CO)c1ccccc1. The van der Waals surface area contributed by atoms with Crippen molar-refractivity contribution in [3.05, 3.63) is 65.7 Å². The molecule has 0 aliphatic carbocycles. The number of para-hydroxylation sites is 1. The van der Waals surface area contributed by atoms with Crippen molar-refractivity contribution in [1.29, 1.82) is 0 Å². The summed E-state index contributed by atoms with van der Waals surface area (Å²) in [5, 5.41) is 12.0. The van der Waals surface area contributed by atoms with E-state index in [1.807, 2.05) is 67.6 Å². The number of rotatable bonds is 7. The third-order valence-electron chi connectivity index (χ3n) is 3.69. The van der Waals surface area contributed by atoms with Gasteiger partial charge in [0.1, 0.15) is 5.75 Å². The zero-order valence-electron chi connectivity index (χ0n) is 14.0. The van der Waals surface area contributed by atoms with Crippen molar-refractivity contribution in [2.24, 2.45) is 5.92 Å². The maximum absolute atomic E-state index is 12.7. The van der Waals surface area contributed by atoms with Crippen LogP contribution in [0.3, 0.4) is 0 Å². The molecule has 0 saturated carbocycles. The smallest absolute Gasteiger partial charge is 0.251 e. The van der Waals surface area contributed by atoms with Crippen LogP contribution in [0, 0.1) is 5.92 Å². The number of hydrogen-bond acceptors (Lipinski definition) is 3. The van der Waals surface area contributed by atoms with Gasteiger partial charge in [-0.2, -0.15) is 0 Å². The number of methoxy groups -OCH3 is 1. The van der Waals surface area contributed by atoms with Crippen molar-refractivity contribution in [3.63, 3.8) is 0 Å². The third-order valence-corrected chi connectivity index (χ3v) is 3.69. The lowest BCUT2D eigenvalue weighted by molar-refractivity contribution is -0.115. The Morgan fingerprint density at radius 1 is 1.17 bits per heavy atom. The Hall–Kier alpha value is -2.59. The van der Waals surface area contributed by atoms with E-state index in [2.05, 4.69) is 5.32 Å². The summed E-state index contributed by atoms with van der Waals surface area (Å²) in [5.74, 6) is 0.548. The minimum Gasteiger partial charge on any atom is -0.496 e. The Kier molecular flexibility index (Phi) is 6.58. The number of carbonyl (C=O) groups is 1. The largest absolute Gasteiger partial charge is 0.496 e. The van der Waals surface area contributed by atoms with Gasteiger partial charge in [-0.15, -0.1) is 0 Å². The number of aliphatic hydroxyl groups is 1. The van der Waals surface area contributed by atoms with E-state index in [1.54, 1.807) is 7.11 Å². The second-order valence-corrected chi connectivity index (χ2v) is 5.66. The van der Waals surface area contributed by atoms with Crippen molar-refractivity contribution < 1.29 is 14.6 Å². The Morgan fingerprint density at radius 3 is 2.50 bits per heavy atom. The summed E-state index contributed by atoms with van der Waals surface area (Å²) in [7, 11) is 1.61. The molecular weight excluding hydrogens is 302 g/mol. The molecule has 0 aliphatic rings. The van der Waals surface area contributed by atoms with Crippen LogP contribution in [-0.4, -0.2) is 31.3 Å². The molecule has 0 radical (unpaired) electrons. The number of hydrogen-bond donors (Lipinski definition) is 2. The molecule has 2 rings (SSSR count). The van der Waals surface area contributed by atoms with Gasteiger partial charge in [-0.25, -0.2) is 0 Å². The van der Waals surface area contributed by atoms with Crippen LogP contribution in [0.25, 0.3) is 11.6 Å². The van der Waals surface area contributed by atoms with Crippen LogP contribution in [0.15, 0.2) is 54.6 Å². The number of benzene rings is 2. The molecular formula is C20H23NO3. The lowest BCUT2D eigenvalue weighted by atomic mass is 10.0. The van der Waals surface area contributed by atoms with Crippen molar-refractivity contribution in [2.75, 3.05) is 20.3 Å². The number of ether oxygens (including phenoxy) is 1. The Labute approximate surface area is 142 Å². The van der Waals surface area contributed by atoms with Gasteiger partial charge in [0.15, 0.2) is 0 Å². The molecule has 1 unspecified atom stereocenters. The summed E-state index contributed by atoms with van der Waals surface area (Å²) in [4.78, 5) is 12.7. The van der Waals surface area contributed by atoms with Crippen molar-refractivity contribution in [1.82, 2.24) is 5.32 Å². The van der Waals surface area contributed by atoms with Crippen LogP contribution in [0.2, 0.25) is 0 Å². The Bertz CT molecular complexity index is 695. The third kappa shape index (κ3) is 4.70. The summed E-state index contributed by atoms with van der Waals surface area (Å²) in [6, 6.07) is 17.1. The number of amides is 1. The fraction of sp³-hybridized carbons (Fsp3) is 0.250. The van der Waals surface area contributed by atoms with E-state index < -0.39 is 0 Å². The maximum atomic E-state index is 12.7. The second kappa shape index (κ2) is 8.89. The molecule has 2 aromatic carbocycles. The molecule has 126 valence electrons. The lowest BCUT2D eigenvalue weighted by Crippen LogP contribution is -2.30. The molecule has 0 aromatic heterocycles. The Balaban J connectivity index is 2.36. The molecule has 0 aliphatic heterocycles. The number of carbonyl (C=O) groups excluding carboxylic acids is 1. The predicted octanol–water partition coefficient (Wildman–Crippen LogP) is 2.98. The molecule has 0 saturated heterocycles. The number of aliphatic hydroxyl groups excluding tert-OH is 1. The van der Waals surface area contributed by atoms with Gasteiger partial charge in [-0.1, -0.05) is 55.5 Å². The molecule has 4 heteroatoms. The highest BCUT2D eigenvalue weighted by atomic mass is 16.5. The van der Waals surface area contributed by atoms with Crippen LogP contribution in [0.4, 0.5) is 0 Å². The van der Waals surface area contributed by atoms with Gasteiger partial charge in [-0.05, 0) is 23.6 Å². The van der Waals surface area contributed by atoms with Crippen LogP contribution in [0.5, 0.6) is 5.75 Å². The zero-order valence-corrected chi connectivity index (χ0v) is 14.0. The fourth-order valence-electron chi connectivity index (χ4n) is 2.27. The summed E-state index contributed by atoms with van der Waals surface area (Å²) >= 11 is 0. The molecule has 2 aromatic rings. The van der Waals surface area contributed by atoms with E-state index in [1.165, 1.54) is 0 Å². The normalized spacial score (nSPS) is 12.5. The van der Waals surface area contributed by atoms with Gasteiger partial charge in [-0.3, -0.25) is 4.79 Å². The van der Waals surface area contributed by atoms with Crippen LogP contribution in [0.1, 0.15) is 18.1 Å². The molecule has 4 nitrogen and oxygen atoms in total. The van der Waals surface area contributed by atoms with Crippen molar-refractivity contribution in [2.45, 2.75) is 6.92 Å². The molecule has 0 bridgehead atoms. The minimum atomic E-state index is -0.174. The first-order chi connectivity index (χ1) is 11.7. The molecule has 1 atom stereocenters. The van der Waals surface area contributed by atoms with Gasteiger partial charge >= 0.3 is 0 Å². The lowest BCUT2D eigenvalue weighted by Gasteiger charge is -2.13. The summed E-state index contributed by atoms with van der Waals surface area (Å²) < 4.78 is 5.37. The van der Waals surface area contributed by atoms with Crippen molar-refractivity contribution in [3.8, 4) is 5.75 Å². The van der Waals surface area contributed by atoms with Crippen LogP contribution >= 0.6 is 0 Å². The quantitative estimate of drug-likeness (QED) is 0.608. The van der Waals surface area contributed by atoms with Gasteiger partial charge in [0.2, 0.25) is 0 Å². The summed E-state index contributed by atoms with van der Waals surface area (Å²) in [6.45, 7) is 2.34. The van der Waals surface area contributed by atoms with E-state index in [4.69, 9.17) is 9.84 Å². The van der Waals surface area contributed by atoms with Crippen LogP contribution < -0.4 is 10.1 Å². The molecule has 1 amide bonds. The Morgan fingerprint density at radius 2 is 1.83 bits per heavy atom. The average molecular weight is 325 g/mol. The van der Waals surface area contributed by atoms with E-state index in [9.17, 15) is 4.79 Å². The van der Waals surface area contributed by atoms with Gasteiger partial charge in [0.25, 0.3) is 5.91 Å². The van der Waals surface area contributed by atoms with E-state index in [0.717, 1.165) is 11.1 Å². The van der Waals surface area contributed by atoms with Crippen LogP contribution in [-0.2, 0) is 4.79 Å². The van der Waals surface area contributed by atoms with E-state index in [-0.39, 0.29) is 18.4 Å². The molecule has 0 fully saturated rings. The highest BCUT2D eigenvalue weighted by molar-refractivity contribution is 6.24. The first-order valence-corrected chi connectivity index (χ1v) is 7.95. The minimum absolute atomic E-state index is 0.0113. The van der Waals surface area contributed by atoms with E-state index >= 15 is 0 Å². The zero-order chi connectivity index (χ0) is 17.4.